The van der Waals surface area contributed by atoms with Crippen LogP contribution in [0.5, 0.6) is 5.88 Å². The molecule has 6 nitrogen and oxygen atoms in total. The first-order valence-corrected chi connectivity index (χ1v) is 10.0. The van der Waals surface area contributed by atoms with Crippen LogP contribution in [0.3, 0.4) is 0 Å². The summed E-state index contributed by atoms with van der Waals surface area (Å²) < 4.78 is 11.1. The molecule has 0 spiro atoms. The third kappa shape index (κ3) is 4.63. The largest absolute Gasteiger partial charge is 0.471 e. The monoisotopic (exact) mass is 401 g/mol. The molecule has 0 aliphatic carbocycles. The lowest BCUT2D eigenvalue weighted by Gasteiger charge is -2.34. The van der Waals surface area contributed by atoms with Crippen molar-refractivity contribution >= 4 is 17.5 Å². The summed E-state index contributed by atoms with van der Waals surface area (Å²) in [6.07, 6.45) is 2.35. The zero-order valence-electron chi connectivity index (χ0n) is 15.7. The van der Waals surface area contributed by atoms with E-state index in [2.05, 4.69) is 34.1 Å². The van der Waals surface area contributed by atoms with Crippen LogP contribution in [0.4, 0.5) is 0 Å². The van der Waals surface area contributed by atoms with Crippen molar-refractivity contribution in [2.24, 2.45) is 0 Å². The van der Waals surface area contributed by atoms with E-state index in [1.165, 1.54) is 5.56 Å². The molecule has 2 aliphatic rings. The van der Waals surface area contributed by atoms with Crippen molar-refractivity contribution < 1.29 is 14.3 Å². The summed E-state index contributed by atoms with van der Waals surface area (Å²) in [6, 6.07) is 12.0. The number of piperazine rings is 1. The van der Waals surface area contributed by atoms with Gasteiger partial charge in [0.2, 0.25) is 5.88 Å². The number of aromatic nitrogens is 1. The van der Waals surface area contributed by atoms with Gasteiger partial charge in [-0.3, -0.25) is 9.69 Å². The van der Waals surface area contributed by atoms with E-state index in [1.807, 2.05) is 11.0 Å². The van der Waals surface area contributed by atoms with Gasteiger partial charge >= 0.3 is 0 Å². The van der Waals surface area contributed by atoms with E-state index < -0.39 is 0 Å². The molecule has 0 bridgehead atoms. The van der Waals surface area contributed by atoms with Crippen molar-refractivity contribution in [2.45, 2.75) is 19.1 Å². The Morgan fingerprint density at radius 2 is 2.00 bits per heavy atom. The Labute approximate surface area is 170 Å². The van der Waals surface area contributed by atoms with Crippen molar-refractivity contribution in [1.82, 2.24) is 14.8 Å². The number of amides is 1. The van der Waals surface area contributed by atoms with E-state index in [1.54, 1.807) is 12.3 Å². The minimum atomic E-state index is -0.0375. The van der Waals surface area contributed by atoms with Gasteiger partial charge < -0.3 is 14.4 Å². The molecular weight excluding hydrogens is 378 g/mol. The third-order valence-corrected chi connectivity index (χ3v) is 5.40. The predicted molar refractivity (Wildman–Crippen MR) is 107 cm³/mol. The number of carbonyl (C=O) groups excluding carboxylic acids is 1. The molecule has 1 amide bonds. The lowest BCUT2D eigenvalue weighted by atomic mass is 10.2. The van der Waals surface area contributed by atoms with Gasteiger partial charge in [-0.2, -0.15) is 0 Å². The maximum Gasteiger partial charge on any atom is 0.255 e. The Morgan fingerprint density at radius 1 is 1.21 bits per heavy atom. The minimum Gasteiger partial charge on any atom is -0.471 e. The van der Waals surface area contributed by atoms with Gasteiger partial charge in [-0.15, -0.1) is 0 Å². The van der Waals surface area contributed by atoms with Crippen LogP contribution in [0.15, 0.2) is 42.6 Å². The van der Waals surface area contributed by atoms with Crippen LogP contribution in [0.2, 0.25) is 5.02 Å². The second-order valence-corrected chi connectivity index (χ2v) is 7.58. The van der Waals surface area contributed by atoms with Crippen LogP contribution in [-0.2, 0) is 11.3 Å². The average molecular weight is 402 g/mol. The van der Waals surface area contributed by atoms with E-state index in [0.29, 0.717) is 42.8 Å². The number of hydrogen-bond donors (Lipinski definition) is 0. The van der Waals surface area contributed by atoms with Gasteiger partial charge in [0.25, 0.3) is 5.91 Å². The summed E-state index contributed by atoms with van der Waals surface area (Å²) in [5.41, 5.74) is 1.79. The minimum absolute atomic E-state index is 0.0238. The molecule has 2 fully saturated rings. The lowest BCUT2D eigenvalue weighted by molar-refractivity contribution is 0.0628. The first-order valence-electron chi connectivity index (χ1n) is 9.64. The maximum atomic E-state index is 12.8. The summed E-state index contributed by atoms with van der Waals surface area (Å²) in [5.74, 6) is 0.325. The van der Waals surface area contributed by atoms with Gasteiger partial charge in [-0.25, -0.2) is 4.98 Å². The summed E-state index contributed by atoms with van der Waals surface area (Å²) in [6.45, 7) is 5.24. The maximum absolute atomic E-state index is 12.8. The standard InChI is InChI=1S/C21H24ClN3O3/c22-19-12-17(13-23-20(19)28-18-6-11-27-15-18)21(26)25-9-7-24(8-10-25)14-16-4-2-1-3-5-16/h1-5,12-13,18H,6-11,14-15H2. The molecule has 7 heteroatoms. The molecule has 0 N–H and O–H groups in total. The van der Waals surface area contributed by atoms with E-state index >= 15 is 0 Å². The van der Waals surface area contributed by atoms with Crippen LogP contribution in [0, 0.1) is 0 Å². The zero-order valence-corrected chi connectivity index (χ0v) is 16.5. The van der Waals surface area contributed by atoms with E-state index in [-0.39, 0.29) is 12.0 Å². The van der Waals surface area contributed by atoms with Crippen LogP contribution >= 0.6 is 11.6 Å². The van der Waals surface area contributed by atoms with E-state index in [9.17, 15) is 4.79 Å². The van der Waals surface area contributed by atoms with Gasteiger partial charge in [0.15, 0.2) is 0 Å². The molecule has 148 valence electrons. The Morgan fingerprint density at radius 3 is 2.68 bits per heavy atom. The SMILES string of the molecule is O=C(c1cnc(OC2CCOC2)c(Cl)c1)N1CCN(Cc2ccccc2)CC1. The number of hydrogen-bond acceptors (Lipinski definition) is 5. The van der Waals surface area contributed by atoms with Crippen LogP contribution in [0.25, 0.3) is 0 Å². The number of pyridine rings is 1. The Bertz CT molecular complexity index is 804. The zero-order chi connectivity index (χ0) is 19.3. The van der Waals surface area contributed by atoms with Crippen molar-refractivity contribution in [3.63, 3.8) is 0 Å². The topological polar surface area (TPSA) is 54.9 Å². The van der Waals surface area contributed by atoms with Gasteiger partial charge in [0, 0.05) is 45.3 Å². The molecule has 2 aliphatic heterocycles. The molecule has 2 saturated heterocycles. The number of halogens is 1. The highest BCUT2D eigenvalue weighted by atomic mass is 35.5. The van der Waals surface area contributed by atoms with Crippen LogP contribution < -0.4 is 4.74 Å². The van der Waals surface area contributed by atoms with Gasteiger partial charge in [-0.1, -0.05) is 41.9 Å². The van der Waals surface area contributed by atoms with E-state index in [4.69, 9.17) is 21.1 Å². The number of ether oxygens (including phenoxy) is 2. The number of rotatable bonds is 5. The molecule has 1 aromatic carbocycles. The van der Waals surface area contributed by atoms with Crippen LogP contribution in [-0.4, -0.2) is 66.2 Å². The number of nitrogens with zero attached hydrogens (tertiary/aromatic N) is 3. The molecule has 1 atom stereocenters. The lowest BCUT2D eigenvalue weighted by Crippen LogP contribution is -2.48. The molecule has 0 radical (unpaired) electrons. The first kappa shape index (κ1) is 19.2. The quantitative estimate of drug-likeness (QED) is 0.771. The Hall–Kier alpha value is -2.15. The molecule has 0 saturated carbocycles. The highest BCUT2D eigenvalue weighted by molar-refractivity contribution is 6.32. The summed E-state index contributed by atoms with van der Waals surface area (Å²) in [4.78, 5) is 21.3. The Balaban J connectivity index is 1.32. The Kier molecular flexibility index (Phi) is 6.10. The summed E-state index contributed by atoms with van der Waals surface area (Å²) >= 11 is 6.30. The highest BCUT2D eigenvalue weighted by Gasteiger charge is 2.24. The van der Waals surface area contributed by atoms with Crippen molar-refractivity contribution in [3.8, 4) is 5.88 Å². The molecule has 28 heavy (non-hydrogen) atoms. The second kappa shape index (κ2) is 8.90. The highest BCUT2D eigenvalue weighted by Crippen LogP contribution is 2.26. The smallest absolute Gasteiger partial charge is 0.255 e. The molecule has 4 rings (SSSR count). The van der Waals surface area contributed by atoms with Crippen molar-refractivity contribution in [2.75, 3.05) is 39.4 Å². The van der Waals surface area contributed by atoms with Gasteiger partial charge in [0.05, 0.1) is 18.8 Å². The molecule has 1 unspecified atom stereocenters. The average Bonchev–Trinajstić information content (AvgIpc) is 3.23. The molecule has 3 heterocycles. The van der Waals surface area contributed by atoms with E-state index in [0.717, 1.165) is 26.1 Å². The first-order chi connectivity index (χ1) is 13.7. The fourth-order valence-electron chi connectivity index (χ4n) is 3.53. The third-order valence-electron chi connectivity index (χ3n) is 5.13. The summed E-state index contributed by atoms with van der Waals surface area (Å²) in [5, 5.41) is 0.362. The fourth-order valence-corrected chi connectivity index (χ4v) is 3.74. The predicted octanol–water partition coefficient (Wildman–Crippen LogP) is 2.86. The molecule has 2 aromatic rings. The number of carbonyl (C=O) groups is 1. The van der Waals surface area contributed by atoms with Crippen molar-refractivity contribution in [3.05, 3.63) is 58.7 Å². The molecular formula is C21H24ClN3O3. The summed E-state index contributed by atoms with van der Waals surface area (Å²) in [7, 11) is 0. The molecule has 1 aromatic heterocycles. The van der Waals surface area contributed by atoms with Gasteiger partial charge in [-0.05, 0) is 11.6 Å². The van der Waals surface area contributed by atoms with Gasteiger partial charge in [0.1, 0.15) is 11.1 Å². The number of benzene rings is 1. The normalized spacial score (nSPS) is 20.3. The van der Waals surface area contributed by atoms with Crippen molar-refractivity contribution in [1.29, 1.82) is 0 Å². The second-order valence-electron chi connectivity index (χ2n) is 7.17. The van der Waals surface area contributed by atoms with Crippen LogP contribution in [0.1, 0.15) is 22.3 Å². The fraction of sp³-hybridized carbons (Fsp3) is 0.429.